The second-order valence-corrected chi connectivity index (χ2v) is 8.65. The van der Waals surface area contributed by atoms with Gasteiger partial charge in [0.25, 0.3) is 0 Å². The van der Waals surface area contributed by atoms with Crippen LogP contribution in [0.2, 0.25) is 0 Å². The van der Waals surface area contributed by atoms with Crippen LogP contribution >= 0.6 is 11.3 Å². The smallest absolute Gasteiger partial charge is 0.226 e. The Morgan fingerprint density at radius 3 is 2.78 bits per heavy atom. The van der Waals surface area contributed by atoms with Crippen LogP contribution in [0, 0.1) is 5.92 Å². The number of benzene rings is 2. The Labute approximate surface area is 164 Å². The van der Waals surface area contributed by atoms with Gasteiger partial charge in [0.15, 0.2) is 5.13 Å². The van der Waals surface area contributed by atoms with Crippen molar-refractivity contribution in [1.29, 1.82) is 0 Å². The lowest BCUT2D eigenvalue weighted by Gasteiger charge is -2.20. The van der Waals surface area contributed by atoms with E-state index in [2.05, 4.69) is 52.8 Å². The van der Waals surface area contributed by atoms with E-state index in [9.17, 15) is 4.79 Å². The van der Waals surface area contributed by atoms with E-state index in [0.717, 1.165) is 23.9 Å². The molecule has 0 aliphatic heterocycles. The van der Waals surface area contributed by atoms with Gasteiger partial charge < -0.3 is 5.32 Å². The van der Waals surface area contributed by atoms with E-state index in [-0.39, 0.29) is 5.91 Å². The van der Waals surface area contributed by atoms with Crippen LogP contribution in [0.15, 0.2) is 48.7 Å². The normalized spacial score (nSPS) is 15.1. The summed E-state index contributed by atoms with van der Waals surface area (Å²) in [6.07, 6.45) is 11.0. The summed E-state index contributed by atoms with van der Waals surface area (Å²) in [5.41, 5.74) is 1.30. The molecule has 1 aliphatic carbocycles. The highest BCUT2D eigenvalue weighted by atomic mass is 32.1. The van der Waals surface area contributed by atoms with Crippen LogP contribution in [0.4, 0.5) is 5.13 Å². The number of carbonyl (C=O) groups excluding carboxylic acids is 1. The van der Waals surface area contributed by atoms with Crippen molar-refractivity contribution in [2.24, 2.45) is 5.92 Å². The van der Waals surface area contributed by atoms with Gasteiger partial charge in [-0.25, -0.2) is 4.98 Å². The first kappa shape index (κ1) is 18.2. The standard InChI is InChI=1S/C23H26N2OS/c26-22(14-13-17-7-2-1-3-8-17)25-23-24-16-20(27-23)15-19-11-6-10-18-9-4-5-12-21(18)19/h4-6,9-12,16-17H,1-3,7-8,13-15H2,(H,24,25,26). The average molecular weight is 379 g/mol. The molecule has 0 unspecified atom stereocenters. The predicted octanol–water partition coefficient (Wildman–Crippen LogP) is 6.19. The van der Waals surface area contributed by atoms with Gasteiger partial charge in [0, 0.05) is 23.9 Å². The monoisotopic (exact) mass is 378 g/mol. The van der Waals surface area contributed by atoms with E-state index in [4.69, 9.17) is 0 Å². The fourth-order valence-corrected chi connectivity index (χ4v) is 4.93. The molecule has 1 saturated carbocycles. The Morgan fingerprint density at radius 2 is 1.89 bits per heavy atom. The molecule has 0 bridgehead atoms. The van der Waals surface area contributed by atoms with Gasteiger partial charge in [0.2, 0.25) is 5.91 Å². The zero-order valence-electron chi connectivity index (χ0n) is 15.6. The van der Waals surface area contributed by atoms with Crippen molar-refractivity contribution in [3.63, 3.8) is 0 Å². The molecule has 1 aliphatic rings. The third-order valence-corrected chi connectivity index (χ3v) is 6.46. The Kier molecular flexibility index (Phi) is 5.83. The van der Waals surface area contributed by atoms with Crippen LogP contribution in [-0.4, -0.2) is 10.9 Å². The third kappa shape index (κ3) is 4.75. The van der Waals surface area contributed by atoms with Crippen LogP contribution in [0.3, 0.4) is 0 Å². The largest absolute Gasteiger partial charge is 0.302 e. The molecule has 1 N–H and O–H groups in total. The summed E-state index contributed by atoms with van der Waals surface area (Å²) in [6, 6.07) is 14.9. The van der Waals surface area contributed by atoms with Gasteiger partial charge in [-0.3, -0.25) is 4.79 Å². The summed E-state index contributed by atoms with van der Waals surface area (Å²) in [5.74, 6) is 0.842. The van der Waals surface area contributed by atoms with E-state index < -0.39 is 0 Å². The molecular weight excluding hydrogens is 352 g/mol. The first-order valence-electron chi connectivity index (χ1n) is 9.99. The number of thiazole rings is 1. The summed E-state index contributed by atoms with van der Waals surface area (Å²) in [4.78, 5) is 17.8. The fraction of sp³-hybridized carbons (Fsp3) is 0.391. The second kappa shape index (κ2) is 8.66. The van der Waals surface area contributed by atoms with Gasteiger partial charge in [0.05, 0.1) is 0 Å². The topological polar surface area (TPSA) is 42.0 Å². The van der Waals surface area contributed by atoms with Crippen molar-refractivity contribution >= 4 is 33.1 Å². The Hall–Kier alpha value is -2.20. The number of hydrogen-bond donors (Lipinski definition) is 1. The van der Waals surface area contributed by atoms with Crippen molar-refractivity contribution in [3.05, 3.63) is 59.1 Å². The Balaban J connectivity index is 1.34. The van der Waals surface area contributed by atoms with Crippen LogP contribution in [0.5, 0.6) is 0 Å². The average Bonchev–Trinajstić information content (AvgIpc) is 3.14. The van der Waals surface area contributed by atoms with Gasteiger partial charge in [0.1, 0.15) is 0 Å². The molecule has 0 radical (unpaired) electrons. The summed E-state index contributed by atoms with van der Waals surface area (Å²) in [6.45, 7) is 0. The molecular formula is C23H26N2OS. The molecule has 1 amide bonds. The number of hydrogen-bond acceptors (Lipinski definition) is 3. The zero-order valence-corrected chi connectivity index (χ0v) is 16.4. The minimum Gasteiger partial charge on any atom is -0.302 e. The van der Waals surface area contributed by atoms with Gasteiger partial charge in [-0.1, -0.05) is 74.6 Å². The summed E-state index contributed by atoms with van der Waals surface area (Å²) in [7, 11) is 0. The number of amides is 1. The molecule has 1 heterocycles. The molecule has 0 saturated heterocycles. The highest BCUT2D eigenvalue weighted by Gasteiger charge is 2.15. The van der Waals surface area contributed by atoms with Gasteiger partial charge in [-0.15, -0.1) is 11.3 Å². The molecule has 27 heavy (non-hydrogen) atoms. The highest BCUT2D eigenvalue weighted by Crippen LogP contribution is 2.28. The molecule has 2 aromatic carbocycles. The van der Waals surface area contributed by atoms with Gasteiger partial charge >= 0.3 is 0 Å². The maximum Gasteiger partial charge on any atom is 0.226 e. The van der Waals surface area contributed by atoms with Crippen molar-refractivity contribution < 1.29 is 4.79 Å². The Morgan fingerprint density at radius 1 is 1.07 bits per heavy atom. The lowest BCUT2D eigenvalue weighted by atomic mass is 9.86. The number of aromatic nitrogens is 1. The van der Waals surface area contributed by atoms with Crippen molar-refractivity contribution in [3.8, 4) is 0 Å². The quantitative estimate of drug-likeness (QED) is 0.556. The maximum absolute atomic E-state index is 12.3. The number of nitrogens with one attached hydrogen (secondary N) is 1. The van der Waals surface area contributed by atoms with E-state index in [1.165, 1.54) is 53.3 Å². The molecule has 0 atom stereocenters. The number of fused-ring (bicyclic) bond motifs is 1. The fourth-order valence-electron chi connectivity index (χ4n) is 4.07. The first-order chi connectivity index (χ1) is 13.3. The summed E-state index contributed by atoms with van der Waals surface area (Å²) < 4.78 is 0. The SMILES string of the molecule is O=C(CCC1CCCCC1)Nc1ncc(Cc2cccc3ccccc23)s1. The summed E-state index contributed by atoms with van der Waals surface area (Å²) in [5, 5.41) is 6.26. The predicted molar refractivity (Wildman–Crippen MR) is 113 cm³/mol. The Bertz CT molecular complexity index is 906. The molecule has 1 fully saturated rings. The number of carbonyl (C=O) groups is 1. The van der Waals surface area contributed by atoms with Crippen LogP contribution in [-0.2, 0) is 11.2 Å². The van der Waals surface area contributed by atoms with Crippen molar-refractivity contribution in [1.82, 2.24) is 4.98 Å². The van der Waals surface area contributed by atoms with Crippen molar-refractivity contribution in [2.75, 3.05) is 5.32 Å². The minimum atomic E-state index is 0.103. The number of nitrogens with zero attached hydrogens (tertiary/aromatic N) is 1. The van der Waals surface area contributed by atoms with Gasteiger partial charge in [-0.2, -0.15) is 0 Å². The number of anilines is 1. The molecule has 3 nitrogen and oxygen atoms in total. The highest BCUT2D eigenvalue weighted by molar-refractivity contribution is 7.15. The minimum absolute atomic E-state index is 0.103. The van der Waals surface area contributed by atoms with E-state index in [0.29, 0.717) is 6.42 Å². The summed E-state index contributed by atoms with van der Waals surface area (Å²) >= 11 is 1.58. The van der Waals surface area contributed by atoms with Crippen molar-refractivity contribution in [2.45, 2.75) is 51.4 Å². The van der Waals surface area contributed by atoms with Crippen LogP contribution in [0.25, 0.3) is 10.8 Å². The first-order valence-corrected chi connectivity index (χ1v) is 10.8. The van der Waals surface area contributed by atoms with Gasteiger partial charge in [-0.05, 0) is 28.7 Å². The number of rotatable bonds is 6. The van der Waals surface area contributed by atoms with Crippen LogP contribution in [0.1, 0.15) is 55.4 Å². The van der Waals surface area contributed by atoms with Crippen LogP contribution < -0.4 is 5.32 Å². The zero-order chi connectivity index (χ0) is 18.5. The molecule has 0 spiro atoms. The van der Waals surface area contributed by atoms with E-state index in [1.807, 2.05) is 6.20 Å². The second-order valence-electron chi connectivity index (χ2n) is 7.54. The molecule has 1 aromatic heterocycles. The lowest BCUT2D eigenvalue weighted by molar-refractivity contribution is -0.116. The maximum atomic E-state index is 12.3. The molecule has 140 valence electrons. The molecule has 4 rings (SSSR count). The lowest BCUT2D eigenvalue weighted by Crippen LogP contribution is -2.14. The molecule has 3 aromatic rings. The molecule has 4 heteroatoms. The van der Waals surface area contributed by atoms with E-state index in [1.54, 1.807) is 11.3 Å². The van der Waals surface area contributed by atoms with E-state index >= 15 is 0 Å². The third-order valence-electron chi connectivity index (χ3n) is 5.55.